The fourth-order valence-corrected chi connectivity index (χ4v) is 1.79. The monoisotopic (exact) mass is 187 g/mol. The minimum absolute atomic E-state index is 0.0420. The molecular weight excluding hydrogens is 170 g/mol. The lowest BCUT2D eigenvalue weighted by molar-refractivity contribution is 0.0301. The van der Waals surface area contributed by atoms with Gasteiger partial charge in [0.1, 0.15) is 0 Å². The molecule has 4 N–H and O–H groups in total. The second-order valence-electron chi connectivity index (χ2n) is 3.75. The van der Waals surface area contributed by atoms with Crippen LogP contribution >= 0.6 is 0 Å². The average molecular weight is 187 g/mol. The second kappa shape index (κ2) is 3.83. The molecule has 0 amide bonds. The topological polar surface area (TPSA) is 82.1 Å². The predicted octanol–water partition coefficient (Wildman–Crippen LogP) is -0.0728. The summed E-state index contributed by atoms with van der Waals surface area (Å²) in [5, 5.41) is 21.2. The fraction of sp³-hybridized carbons (Fsp3) is 0.875. The molecule has 0 bridgehead atoms. The Bertz CT molecular complexity index is 200. The summed E-state index contributed by atoms with van der Waals surface area (Å²) in [6.45, 7) is 0.433. The Labute approximate surface area is 77.8 Å². The highest BCUT2D eigenvalue weighted by Gasteiger charge is 2.32. The quantitative estimate of drug-likeness (QED) is 0.244. The Morgan fingerprint density at radius 2 is 2.08 bits per heavy atom. The Morgan fingerprint density at radius 1 is 1.54 bits per heavy atom. The maximum absolute atomic E-state index is 9.97. The number of hydrogen-bond donors (Lipinski definition) is 3. The highest BCUT2D eigenvalue weighted by molar-refractivity contribution is 5.77. The molecule has 0 atom stereocenters. The second-order valence-corrected chi connectivity index (χ2v) is 3.75. The van der Waals surface area contributed by atoms with Crippen molar-refractivity contribution in [2.45, 2.75) is 31.3 Å². The van der Waals surface area contributed by atoms with Crippen molar-refractivity contribution >= 4 is 5.96 Å². The molecule has 0 aromatic heterocycles. The molecule has 1 aliphatic rings. The number of guanidine groups is 1. The lowest BCUT2D eigenvalue weighted by atomic mass is 10.0. The van der Waals surface area contributed by atoms with Crippen LogP contribution in [0.5, 0.6) is 0 Å². The van der Waals surface area contributed by atoms with Gasteiger partial charge in [-0.15, -0.1) is 0 Å². The van der Waals surface area contributed by atoms with E-state index < -0.39 is 5.60 Å². The zero-order valence-electron chi connectivity index (χ0n) is 7.90. The Hall–Kier alpha value is -0.970. The maximum Gasteiger partial charge on any atom is 0.233 e. The standard InChI is InChI=1S/C8H17N3O2/c1-11(7(9)10-13)6-8(12)4-2-3-5-8/h12-13H,2-6H2,1H3,(H2,9,10). The van der Waals surface area contributed by atoms with E-state index in [-0.39, 0.29) is 5.96 Å². The molecule has 0 aromatic carbocycles. The third-order valence-electron chi connectivity index (χ3n) is 2.56. The number of oxime groups is 1. The van der Waals surface area contributed by atoms with Gasteiger partial charge in [-0.3, -0.25) is 0 Å². The fourth-order valence-electron chi connectivity index (χ4n) is 1.79. The minimum Gasteiger partial charge on any atom is -0.408 e. The number of hydrogen-bond acceptors (Lipinski definition) is 3. The predicted molar refractivity (Wildman–Crippen MR) is 49.5 cm³/mol. The van der Waals surface area contributed by atoms with Crippen LogP contribution in [0.25, 0.3) is 0 Å². The molecule has 0 spiro atoms. The van der Waals surface area contributed by atoms with Gasteiger partial charge in [-0.2, -0.15) is 0 Å². The van der Waals surface area contributed by atoms with Gasteiger partial charge in [-0.1, -0.05) is 18.0 Å². The molecule has 1 aliphatic carbocycles. The summed E-state index contributed by atoms with van der Waals surface area (Å²) in [5.41, 5.74) is 4.72. The van der Waals surface area contributed by atoms with Crippen LogP contribution in [0.2, 0.25) is 0 Å². The molecule has 13 heavy (non-hydrogen) atoms. The number of nitrogens with two attached hydrogens (primary N) is 1. The molecule has 5 nitrogen and oxygen atoms in total. The first-order chi connectivity index (χ1) is 6.07. The van der Waals surface area contributed by atoms with Gasteiger partial charge in [-0.05, 0) is 12.8 Å². The van der Waals surface area contributed by atoms with E-state index >= 15 is 0 Å². The average Bonchev–Trinajstić information content (AvgIpc) is 2.50. The lowest BCUT2D eigenvalue weighted by Gasteiger charge is -2.28. The maximum atomic E-state index is 9.97. The van der Waals surface area contributed by atoms with E-state index in [4.69, 9.17) is 10.9 Å². The lowest BCUT2D eigenvalue weighted by Crippen LogP contribution is -2.44. The first-order valence-electron chi connectivity index (χ1n) is 4.48. The van der Waals surface area contributed by atoms with Crippen LogP contribution in [-0.2, 0) is 0 Å². The van der Waals surface area contributed by atoms with E-state index in [0.29, 0.717) is 6.54 Å². The smallest absolute Gasteiger partial charge is 0.233 e. The molecule has 1 rings (SSSR count). The van der Waals surface area contributed by atoms with Gasteiger partial charge in [0.2, 0.25) is 5.96 Å². The van der Waals surface area contributed by atoms with Crippen LogP contribution in [0.15, 0.2) is 5.16 Å². The van der Waals surface area contributed by atoms with Crippen LogP contribution in [0, 0.1) is 0 Å². The summed E-state index contributed by atoms with van der Waals surface area (Å²) < 4.78 is 0. The minimum atomic E-state index is -0.649. The van der Waals surface area contributed by atoms with Crippen molar-refractivity contribution in [2.75, 3.05) is 13.6 Å². The highest BCUT2D eigenvalue weighted by Crippen LogP contribution is 2.29. The molecule has 1 saturated carbocycles. The molecule has 1 fully saturated rings. The van der Waals surface area contributed by atoms with Gasteiger partial charge >= 0.3 is 0 Å². The zero-order chi connectivity index (χ0) is 9.90. The van der Waals surface area contributed by atoms with Gasteiger partial charge in [0.15, 0.2) is 0 Å². The van der Waals surface area contributed by atoms with E-state index in [1.165, 1.54) is 0 Å². The molecule has 76 valence electrons. The number of rotatable bonds is 2. The van der Waals surface area contributed by atoms with E-state index in [0.717, 1.165) is 25.7 Å². The third kappa shape index (κ3) is 2.48. The van der Waals surface area contributed by atoms with Gasteiger partial charge in [0.05, 0.1) is 5.60 Å². The van der Waals surface area contributed by atoms with Crippen molar-refractivity contribution in [2.24, 2.45) is 10.9 Å². The molecule has 0 radical (unpaired) electrons. The molecular formula is C8H17N3O2. The van der Waals surface area contributed by atoms with Crippen molar-refractivity contribution < 1.29 is 10.3 Å². The normalized spacial score (nSPS) is 21.8. The Kier molecular flexibility index (Phi) is 2.98. The molecule has 0 heterocycles. The summed E-state index contributed by atoms with van der Waals surface area (Å²) in [5.74, 6) is 0.0420. The molecule has 5 heteroatoms. The molecule has 0 aliphatic heterocycles. The van der Waals surface area contributed by atoms with Gasteiger partial charge < -0.3 is 20.9 Å². The van der Waals surface area contributed by atoms with Gasteiger partial charge in [-0.25, -0.2) is 0 Å². The van der Waals surface area contributed by atoms with Gasteiger partial charge in [0, 0.05) is 13.6 Å². The first-order valence-corrected chi connectivity index (χ1v) is 4.48. The van der Waals surface area contributed by atoms with E-state index in [1.807, 2.05) is 0 Å². The SMILES string of the molecule is CN(CC1(O)CCCC1)/C(N)=N/O. The van der Waals surface area contributed by atoms with Crippen LogP contribution in [0.4, 0.5) is 0 Å². The summed E-state index contributed by atoms with van der Waals surface area (Å²) in [4.78, 5) is 1.56. The van der Waals surface area contributed by atoms with Gasteiger partial charge in [0.25, 0.3) is 0 Å². The van der Waals surface area contributed by atoms with Crippen molar-refractivity contribution in [3.05, 3.63) is 0 Å². The number of likely N-dealkylation sites (N-methyl/N-ethyl adjacent to an activating group) is 1. The summed E-state index contributed by atoms with van der Waals surface area (Å²) in [6.07, 6.45) is 3.72. The van der Waals surface area contributed by atoms with E-state index in [2.05, 4.69) is 5.16 Å². The number of aliphatic hydroxyl groups is 1. The molecule has 0 saturated heterocycles. The molecule has 0 unspecified atom stereocenters. The Morgan fingerprint density at radius 3 is 2.54 bits per heavy atom. The zero-order valence-corrected chi connectivity index (χ0v) is 7.90. The largest absolute Gasteiger partial charge is 0.408 e. The highest BCUT2D eigenvalue weighted by atomic mass is 16.4. The van der Waals surface area contributed by atoms with Crippen LogP contribution in [-0.4, -0.2) is 40.4 Å². The van der Waals surface area contributed by atoms with Crippen LogP contribution in [0.1, 0.15) is 25.7 Å². The van der Waals surface area contributed by atoms with Crippen LogP contribution < -0.4 is 5.73 Å². The Balaban J connectivity index is 2.47. The van der Waals surface area contributed by atoms with Crippen molar-refractivity contribution in [1.29, 1.82) is 0 Å². The van der Waals surface area contributed by atoms with Crippen molar-refractivity contribution in [3.63, 3.8) is 0 Å². The summed E-state index contributed by atoms with van der Waals surface area (Å²) in [6, 6.07) is 0. The first kappa shape index (κ1) is 10.1. The summed E-state index contributed by atoms with van der Waals surface area (Å²) in [7, 11) is 1.70. The molecule has 0 aromatic rings. The van der Waals surface area contributed by atoms with Crippen molar-refractivity contribution in [3.8, 4) is 0 Å². The summed E-state index contributed by atoms with van der Waals surface area (Å²) >= 11 is 0. The van der Waals surface area contributed by atoms with Crippen molar-refractivity contribution in [1.82, 2.24) is 4.90 Å². The van der Waals surface area contributed by atoms with E-state index in [1.54, 1.807) is 11.9 Å². The van der Waals surface area contributed by atoms with Crippen LogP contribution in [0.3, 0.4) is 0 Å². The van der Waals surface area contributed by atoms with E-state index in [9.17, 15) is 5.11 Å². The third-order valence-corrected chi connectivity index (χ3v) is 2.56. The number of nitrogens with zero attached hydrogens (tertiary/aromatic N) is 2.